The number of fused-ring (bicyclic) bond motifs is 1. The highest BCUT2D eigenvalue weighted by Gasteiger charge is 2.09. The van der Waals surface area contributed by atoms with Gasteiger partial charge in [0.1, 0.15) is 6.20 Å². The number of nitrogens with zero attached hydrogens (tertiary/aromatic N) is 1. The Morgan fingerprint density at radius 3 is 3.11 bits per heavy atom. The topological polar surface area (TPSA) is 81.3 Å². The van der Waals surface area contributed by atoms with Crippen LogP contribution in [0, 0.1) is 0 Å². The summed E-state index contributed by atoms with van der Waals surface area (Å²) in [7, 11) is 0. The molecule has 3 aromatic rings. The van der Waals surface area contributed by atoms with Gasteiger partial charge in [0, 0.05) is 5.56 Å². The van der Waals surface area contributed by atoms with Crippen LogP contribution >= 0.6 is 0 Å². The first kappa shape index (κ1) is 10.6. The summed E-state index contributed by atoms with van der Waals surface area (Å²) >= 11 is 0. The lowest BCUT2D eigenvalue weighted by Crippen LogP contribution is -1.92. The van der Waals surface area contributed by atoms with Gasteiger partial charge in [-0.3, -0.25) is 4.98 Å². The largest absolute Gasteiger partial charge is 0.464 e. The van der Waals surface area contributed by atoms with Crippen molar-refractivity contribution in [3.8, 4) is 17.4 Å². The number of ether oxygens (including phenoxy) is 1. The maximum Gasteiger partial charge on any atom is 0.417 e. The van der Waals surface area contributed by atoms with Crippen LogP contribution < -0.4 is 10.5 Å². The molecule has 0 saturated carbocycles. The summed E-state index contributed by atoms with van der Waals surface area (Å²) in [4.78, 5) is 17.7. The van der Waals surface area contributed by atoms with Gasteiger partial charge in [-0.15, -0.1) is 0 Å². The second-order valence-corrected chi connectivity index (χ2v) is 3.64. The first-order valence-corrected chi connectivity index (χ1v) is 5.48. The van der Waals surface area contributed by atoms with Gasteiger partial charge >= 0.3 is 11.7 Å². The molecule has 0 aliphatic rings. The fourth-order valence-corrected chi connectivity index (χ4v) is 1.68. The third-order valence-corrected chi connectivity index (χ3v) is 2.44. The van der Waals surface area contributed by atoms with Crippen LogP contribution in [0.25, 0.3) is 22.6 Å². The lowest BCUT2D eigenvalue weighted by Gasteiger charge is -1.96. The number of nitrogens with one attached hydrogen (secondary N) is 1. The number of oxazole rings is 2. The first-order chi connectivity index (χ1) is 8.76. The molecule has 92 valence electrons. The molecule has 2 heterocycles. The number of H-pyrrole nitrogens is 1. The van der Waals surface area contributed by atoms with Crippen LogP contribution in [0.3, 0.4) is 0 Å². The maximum atomic E-state index is 11.0. The molecule has 0 fully saturated rings. The van der Waals surface area contributed by atoms with Crippen molar-refractivity contribution >= 4 is 11.1 Å². The van der Waals surface area contributed by atoms with E-state index in [0.29, 0.717) is 29.5 Å². The number of benzene rings is 1. The van der Waals surface area contributed by atoms with Crippen LogP contribution in [-0.4, -0.2) is 16.6 Å². The second kappa shape index (κ2) is 4.06. The molecule has 0 amide bonds. The minimum absolute atomic E-state index is 0.364. The third-order valence-electron chi connectivity index (χ3n) is 2.44. The van der Waals surface area contributed by atoms with E-state index in [-0.39, 0.29) is 0 Å². The summed E-state index contributed by atoms with van der Waals surface area (Å²) in [6.07, 6.45) is 1.51. The van der Waals surface area contributed by atoms with Crippen molar-refractivity contribution in [1.29, 1.82) is 0 Å². The van der Waals surface area contributed by atoms with Gasteiger partial charge in [0.2, 0.25) is 5.89 Å². The minimum atomic E-state index is -0.482. The maximum absolute atomic E-state index is 11.0. The summed E-state index contributed by atoms with van der Waals surface area (Å²) < 4.78 is 15.6. The number of hydrogen-bond donors (Lipinski definition) is 1. The van der Waals surface area contributed by atoms with Gasteiger partial charge in [-0.1, -0.05) is 0 Å². The van der Waals surface area contributed by atoms with Gasteiger partial charge in [-0.05, 0) is 25.1 Å². The van der Waals surface area contributed by atoms with Crippen LogP contribution in [0.5, 0.6) is 5.95 Å². The summed E-state index contributed by atoms with van der Waals surface area (Å²) in [6, 6.07) is 5.21. The van der Waals surface area contributed by atoms with E-state index in [1.165, 1.54) is 6.20 Å². The monoisotopic (exact) mass is 246 g/mol. The van der Waals surface area contributed by atoms with E-state index in [2.05, 4.69) is 9.97 Å². The van der Waals surface area contributed by atoms with E-state index in [0.717, 1.165) is 5.56 Å². The summed E-state index contributed by atoms with van der Waals surface area (Å²) in [5.74, 6) is 0.303. The van der Waals surface area contributed by atoms with Crippen molar-refractivity contribution < 1.29 is 13.6 Å². The van der Waals surface area contributed by atoms with Crippen LogP contribution in [0.1, 0.15) is 6.92 Å². The SMILES string of the molecule is CCOc1cnc(-c2ccc3[nH]c(=O)oc3c2)o1. The van der Waals surface area contributed by atoms with Crippen LogP contribution in [0.4, 0.5) is 0 Å². The number of hydrogen-bond acceptors (Lipinski definition) is 5. The lowest BCUT2D eigenvalue weighted by atomic mass is 10.2. The molecular weight excluding hydrogens is 236 g/mol. The summed E-state index contributed by atoms with van der Waals surface area (Å²) in [5.41, 5.74) is 1.82. The molecule has 6 heteroatoms. The van der Waals surface area contributed by atoms with Crippen molar-refractivity contribution in [3.05, 3.63) is 34.9 Å². The van der Waals surface area contributed by atoms with Crippen molar-refractivity contribution in [1.82, 2.24) is 9.97 Å². The minimum Gasteiger partial charge on any atom is -0.464 e. The molecule has 3 rings (SSSR count). The Balaban J connectivity index is 2.04. The van der Waals surface area contributed by atoms with Gasteiger partial charge in [0.05, 0.1) is 12.1 Å². The van der Waals surface area contributed by atoms with Crippen molar-refractivity contribution in [2.45, 2.75) is 6.92 Å². The average Bonchev–Trinajstić information content (AvgIpc) is 2.93. The zero-order valence-corrected chi connectivity index (χ0v) is 9.60. The molecule has 1 aromatic carbocycles. The zero-order chi connectivity index (χ0) is 12.5. The lowest BCUT2D eigenvalue weighted by molar-refractivity contribution is 0.260. The molecule has 0 aliphatic carbocycles. The highest BCUT2D eigenvalue weighted by atomic mass is 16.6. The molecule has 6 nitrogen and oxygen atoms in total. The number of rotatable bonds is 3. The molecular formula is C12H10N2O4. The highest BCUT2D eigenvalue weighted by Crippen LogP contribution is 2.25. The van der Waals surface area contributed by atoms with E-state index >= 15 is 0 Å². The summed E-state index contributed by atoms with van der Waals surface area (Å²) in [6.45, 7) is 2.38. The Morgan fingerprint density at radius 2 is 2.28 bits per heavy atom. The molecule has 0 saturated heterocycles. The molecule has 0 bridgehead atoms. The molecule has 0 aliphatic heterocycles. The number of aromatic amines is 1. The van der Waals surface area contributed by atoms with Crippen LogP contribution in [0.2, 0.25) is 0 Å². The quantitative estimate of drug-likeness (QED) is 0.765. The second-order valence-electron chi connectivity index (χ2n) is 3.64. The van der Waals surface area contributed by atoms with Gasteiger partial charge in [0.15, 0.2) is 5.58 Å². The Kier molecular flexibility index (Phi) is 2.40. The zero-order valence-electron chi connectivity index (χ0n) is 9.60. The average molecular weight is 246 g/mol. The molecule has 0 spiro atoms. The predicted octanol–water partition coefficient (Wildman–Crippen LogP) is 2.17. The Morgan fingerprint density at radius 1 is 1.39 bits per heavy atom. The third kappa shape index (κ3) is 1.77. The van der Waals surface area contributed by atoms with Gasteiger partial charge in [0.25, 0.3) is 0 Å². The van der Waals surface area contributed by atoms with Crippen molar-refractivity contribution in [2.24, 2.45) is 0 Å². The first-order valence-electron chi connectivity index (χ1n) is 5.48. The molecule has 0 atom stereocenters. The van der Waals surface area contributed by atoms with Crippen LogP contribution in [-0.2, 0) is 0 Å². The van der Waals surface area contributed by atoms with E-state index in [1.54, 1.807) is 18.2 Å². The van der Waals surface area contributed by atoms with Gasteiger partial charge in [-0.25, -0.2) is 9.78 Å². The Bertz CT molecular complexity index is 738. The van der Waals surface area contributed by atoms with Crippen molar-refractivity contribution in [3.63, 3.8) is 0 Å². The van der Waals surface area contributed by atoms with E-state index in [9.17, 15) is 4.79 Å². The fourth-order valence-electron chi connectivity index (χ4n) is 1.68. The standard InChI is InChI=1S/C12H10N2O4/c1-2-16-10-6-13-11(18-10)7-3-4-8-9(5-7)17-12(15)14-8/h3-6H,2H2,1H3,(H,14,15). The predicted molar refractivity (Wildman–Crippen MR) is 63.5 cm³/mol. The van der Waals surface area contributed by atoms with Gasteiger partial charge < -0.3 is 13.6 Å². The van der Waals surface area contributed by atoms with Crippen LogP contribution in [0.15, 0.2) is 38.0 Å². The van der Waals surface area contributed by atoms with Gasteiger partial charge in [-0.2, -0.15) is 0 Å². The molecule has 0 unspecified atom stereocenters. The van der Waals surface area contributed by atoms with E-state index in [4.69, 9.17) is 13.6 Å². The van der Waals surface area contributed by atoms with E-state index in [1.807, 2.05) is 6.92 Å². The summed E-state index contributed by atoms with van der Waals surface area (Å²) in [5, 5.41) is 0. The van der Waals surface area contributed by atoms with E-state index < -0.39 is 5.76 Å². The molecule has 1 N–H and O–H groups in total. The fraction of sp³-hybridized carbons (Fsp3) is 0.167. The molecule has 18 heavy (non-hydrogen) atoms. The molecule has 0 radical (unpaired) electrons. The normalized spacial score (nSPS) is 10.9. The molecule has 2 aromatic heterocycles. The Labute approximate surface area is 101 Å². The highest BCUT2D eigenvalue weighted by molar-refractivity contribution is 5.77. The van der Waals surface area contributed by atoms with Crippen molar-refractivity contribution in [2.75, 3.05) is 6.61 Å². The smallest absolute Gasteiger partial charge is 0.417 e. The Hall–Kier alpha value is -2.50. The number of aromatic nitrogens is 2.